The van der Waals surface area contributed by atoms with E-state index in [9.17, 15) is 4.39 Å². The van der Waals surface area contributed by atoms with E-state index in [2.05, 4.69) is 5.32 Å². The number of alkyl halides is 1. The topological polar surface area (TPSA) is 21.3 Å². The molecule has 1 aromatic rings. The van der Waals surface area contributed by atoms with E-state index in [4.69, 9.17) is 16.3 Å². The van der Waals surface area contributed by atoms with Gasteiger partial charge in [0.25, 0.3) is 0 Å². The molecule has 0 radical (unpaired) electrons. The summed E-state index contributed by atoms with van der Waals surface area (Å²) in [6.45, 7) is 6.22. The Morgan fingerprint density at radius 2 is 2.06 bits per heavy atom. The molecule has 96 valence electrons. The summed E-state index contributed by atoms with van der Waals surface area (Å²) in [5, 5.41) is 3.63. The molecule has 0 fully saturated rings. The molecule has 1 N–H and O–H groups in total. The molecule has 2 nitrogen and oxygen atoms in total. The van der Waals surface area contributed by atoms with Gasteiger partial charge in [-0.1, -0.05) is 11.6 Å². The molecule has 1 unspecified atom stereocenters. The number of methoxy groups -OCH3 is 1. The summed E-state index contributed by atoms with van der Waals surface area (Å²) in [6, 6.07) is 4.98. The Bertz CT molecular complexity index is 376. The normalized spacial score (nSPS) is 13.5. The van der Waals surface area contributed by atoms with Crippen LogP contribution >= 0.6 is 11.6 Å². The SMILES string of the molecule is COc1ccc(Cl)cc1C(F)CNC(C)(C)C. The number of hydrogen-bond acceptors (Lipinski definition) is 2. The van der Waals surface area contributed by atoms with Crippen LogP contribution in [0.4, 0.5) is 4.39 Å². The highest BCUT2D eigenvalue weighted by molar-refractivity contribution is 6.30. The van der Waals surface area contributed by atoms with E-state index in [0.717, 1.165) is 0 Å². The lowest BCUT2D eigenvalue weighted by atomic mass is 10.1. The van der Waals surface area contributed by atoms with Crippen LogP contribution in [0.5, 0.6) is 5.75 Å². The highest BCUT2D eigenvalue weighted by Gasteiger charge is 2.18. The Hall–Kier alpha value is -0.800. The average molecular weight is 260 g/mol. The first-order valence-electron chi connectivity index (χ1n) is 5.56. The standard InChI is InChI=1S/C13H19ClFNO/c1-13(2,3)16-8-11(15)10-7-9(14)5-6-12(10)17-4/h5-7,11,16H,8H2,1-4H3. The molecule has 0 saturated heterocycles. The van der Waals surface area contributed by atoms with E-state index in [1.807, 2.05) is 20.8 Å². The lowest BCUT2D eigenvalue weighted by molar-refractivity contribution is 0.282. The van der Waals surface area contributed by atoms with E-state index < -0.39 is 6.17 Å². The summed E-state index contributed by atoms with van der Waals surface area (Å²) in [5.74, 6) is 0.526. The van der Waals surface area contributed by atoms with Crippen LogP contribution in [0.2, 0.25) is 5.02 Å². The zero-order chi connectivity index (χ0) is 13.1. The summed E-state index contributed by atoms with van der Waals surface area (Å²) in [4.78, 5) is 0. The predicted octanol–water partition coefficient (Wildman–Crippen LogP) is 3.75. The summed E-state index contributed by atoms with van der Waals surface area (Å²) in [7, 11) is 1.52. The van der Waals surface area contributed by atoms with E-state index >= 15 is 0 Å². The fourth-order valence-corrected chi connectivity index (χ4v) is 1.64. The van der Waals surface area contributed by atoms with Gasteiger partial charge in [-0.3, -0.25) is 0 Å². The molecule has 0 aliphatic heterocycles. The van der Waals surface area contributed by atoms with Crippen LogP contribution in [-0.2, 0) is 0 Å². The van der Waals surface area contributed by atoms with Gasteiger partial charge in [0.05, 0.1) is 7.11 Å². The first-order chi connectivity index (χ1) is 7.83. The van der Waals surface area contributed by atoms with Gasteiger partial charge in [0.2, 0.25) is 0 Å². The molecule has 4 heteroatoms. The van der Waals surface area contributed by atoms with Crippen molar-refractivity contribution in [1.29, 1.82) is 0 Å². The fourth-order valence-electron chi connectivity index (χ4n) is 1.46. The molecule has 0 saturated carbocycles. The molecule has 0 aromatic heterocycles. The second-order valence-electron chi connectivity index (χ2n) is 4.98. The van der Waals surface area contributed by atoms with Crippen molar-refractivity contribution in [3.63, 3.8) is 0 Å². The smallest absolute Gasteiger partial charge is 0.141 e. The predicted molar refractivity (Wildman–Crippen MR) is 69.6 cm³/mol. The van der Waals surface area contributed by atoms with E-state index in [0.29, 0.717) is 16.3 Å². The van der Waals surface area contributed by atoms with Gasteiger partial charge < -0.3 is 10.1 Å². The van der Waals surface area contributed by atoms with Gasteiger partial charge in [0.1, 0.15) is 11.9 Å². The Kier molecular flexibility index (Phi) is 4.78. The van der Waals surface area contributed by atoms with Crippen molar-refractivity contribution in [2.75, 3.05) is 13.7 Å². The van der Waals surface area contributed by atoms with E-state index in [-0.39, 0.29) is 12.1 Å². The molecule has 1 atom stereocenters. The molecular formula is C13H19ClFNO. The molecule has 0 aliphatic carbocycles. The number of hydrogen-bond donors (Lipinski definition) is 1. The largest absolute Gasteiger partial charge is 0.496 e. The van der Waals surface area contributed by atoms with Crippen molar-refractivity contribution in [1.82, 2.24) is 5.32 Å². The number of halogens is 2. The van der Waals surface area contributed by atoms with Crippen molar-refractivity contribution in [3.05, 3.63) is 28.8 Å². The second kappa shape index (κ2) is 5.69. The Labute approximate surface area is 107 Å². The van der Waals surface area contributed by atoms with Gasteiger partial charge in [-0.05, 0) is 39.0 Å². The monoisotopic (exact) mass is 259 g/mol. The zero-order valence-corrected chi connectivity index (χ0v) is 11.4. The Morgan fingerprint density at radius 3 is 2.59 bits per heavy atom. The van der Waals surface area contributed by atoms with Gasteiger partial charge >= 0.3 is 0 Å². The van der Waals surface area contributed by atoms with Crippen LogP contribution in [0.15, 0.2) is 18.2 Å². The van der Waals surface area contributed by atoms with Crippen LogP contribution < -0.4 is 10.1 Å². The molecule has 0 aliphatic rings. The van der Waals surface area contributed by atoms with E-state index in [1.54, 1.807) is 18.2 Å². The van der Waals surface area contributed by atoms with Gasteiger partial charge in [0.15, 0.2) is 0 Å². The fraction of sp³-hybridized carbons (Fsp3) is 0.538. The minimum Gasteiger partial charge on any atom is -0.496 e. The maximum absolute atomic E-state index is 14.1. The first kappa shape index (κ1) is 14.3. The number of benzene rings is 1. The average Bonchev–Trinajstić information content (AvgIpc) is 2.25. The molecule has 0 heterocycles. The third-order valence-corrected chi connectivity index (χ3v) is 2.58. The molecule has 0 spiro atoms. The van der Waals surface area contributed by atoms with Crippen LogP contribution in [0.3, 0.4) is 0 Å². The van der Waals surface area contributed by atoms with Crippen LogP contribution in [0, 0.1) is 0 Å². The second-order valence-corrected chi connectivity index (χ2v) is 5.42. The maximum atomic E-state index is 14.1. The number of ether oxygens (including phenoxy) is 1. The van der Waals surface area contributed by atoms with Crippen LogP contribution in [-0.4, -0.2) is 19.2 Å². The minimum absolute atomic E-state index is 0.115. The van der Waals surface area contributed by atoms with Gasteiger partial charge in [-0.2, -0.15) is 0 Å². The van der Waals surface area contributed by atoms with Gasteiger partial charge in [-0.15, -0.1) is 0 Å². The molecule has 1 aromatic carbocycles. The van der Waals surface area contributed by atoms with Crippen molar-refractivity contribution in [2.45, 2.75) is 32.5 Å². The number of rotatable bonds is 4. The first-order valence-corrected chi connectivity index (χ1v) is 5.94. The maximum Gasteiger partial charge on any atom is 0.141 e. The Morgan fingerprint density at radius 1 is 1.41 bits per heavy atom. The van der Waals surface area contributed by atoms with Gasteiger partial charge in [0, 0.05) is 22.7 Å². The quantitative estimate of drug-likeness (QED) is 0.889. The molecule has 0 amide bonds. The lowest BCUT2D eigenvalue weighted by Gasteiger charge is -2.22. The minimum atomic E-state index is -1.14. The van der Waals surface area contributed by atoms with Crippen LogP contribution in [0.25, 0.3) is 0 Å². The summed E-state index contributed by atoms with van der Waals surface area (Å²) < 4.78 is 19.2. The number of nitrogens with one attached hydrogen (secondary N) is 1. The van der Waals surface area contributed by atoms with Crippen molar-refractivity contribution in [2.24, 2.45) is 0 Å². The van der Waals surface area contributed by atoms with Crippen molar-refractivity contribution >= 4 is 11.6 Å². The van der Waals surface area contributed by atoms with Crippen LogP contribution in [0.1, 0.15) is 32.5 Å². The summed E-state index contributed by atoms with van der Waals surface area (Å²) in [6.07, 6.45) is -1.14. The highest BCUT2D eigenvalue weighted by Crippen LogP contribution is 2.30. The molecule has 17 heavy (non-hydrogen) atoms. The molecule has 1 rings (SSSR count). The lowest BCUT2D eigenvalue weighted by Crippen LogP contribution is -2.37. The summed E-state index contributed by atoms with van der Waals surface area (Å²) in [5.41, 5.74) is 0.368. The molecular weight excluding hydrogens is 241 g/mol. The zero-order valence-electron chi connectivity index (χ0n) is 10.7. The Balaban J connectivity index is 2.80. The van der Waals surface area contributed by atoms with Gasteiger partial charge in [-0.25, -0.2) is 4.39 Å². The van der Waals surface area contributed by atoms with E-state index in [1.165, 1.54) is 7.11 Å². The summed E-state index contributed by atoms with van der Waals surface area (Å²) >= 11 is 5.87. The third kappa shape index (κ3) is 4.52. The third-order valence-electron chi connectivity index (χ3n) is 2.34. The van der Waals surface area contributed by atoms with Crippen molar-refractivity contribution in [3.8, 4) is 5.75 Å². The molecule has 0 bridgehead atoms. The highest BCUT2D eigenvalue weighted by atomic mass is 35.5. The van der Waals surface area contributed by atoms with Crippen molar-refractivity contribution < 1.29 is 9.13 Å².